The van der Waals surface area contributed by atoms with Crippen LogP contribution in [-0.4, -0.2) is 28.5 Å². The van der Waals surface area contributed by atoms with E-state index < -0.39 is 0 Å². The molecule has 2 heterocycles. The van der Waals surface area contributed by atoms with Crippen molar-refractivity contribution in [1.29, 1.82) is 0 Å². The quantitative estimate of drug-likeness (QED) is 0.527. The van der Waals surface area contributed by atoms with E-state index >= 15 is 0 Å². The molecule has 0 unspecified atom stereocenters. The fraction of sp³-hybridized carbons (Fsp3) is 0.278. The normalized spacial score (nSPS) is 11.8. The molecule has 3 rings (SSSR count). The minimum atomic E-state index is -0.269. The van der Waals surface area contributed by atoms with Crippen LogP contribution in [0.3, 0.4) is 0 Å². The number of thioether (sulfide) groups is 1. The van der Waals surface area contributed by atoms with Crippen LogP contribution in [0, 0.1) is 0 Å². The maximum absolute atomic E-state index is 12.3. The minimum Gasteiger partial charge on any atom is -0.497 e. The summed E-state index contributed by atoms with van der Waals surface area (Å²) in [5.41, 5.74) is 1.02. The third-order valence-corrected chi connectivity index (χ3v) is 5.74. The van der Waals surface area contributed by atoms with E-state index in [2.05, 4.69) is 20.8 Å². The molecule has 0 saturated heterocycles. The zero-order chi connectivity index (χ0) is 19.1. The maximum atomic E-state index is 12.3. The van der Waals surface area contributed by atoms with Crippen LogP contribution >= 0.6 is 23.1 Å². The predicted octanol–water partition coefficient (Wildman–Crippen LogP) is 3.55. The largest absolute Gasteiger partial charge is 0.497 e. The first-order valence-electron chi connectivity index (χ1n) is 8.31. The number of hydrogen-bond acceptors (Lipinski definition) is 8. The highest BCUT2D eigenvalue weighted by atomic mass is 32.2. The Morgan fingerprint density at radius 3 is 2.78 bits per heavy atom. The van der Waals surface area contributed by atoms with Crippen molar-refractivity contribution in [3.05, 3.63) is 54.0 Å². The first kappa shape index (κ1) is 19.2. The topological polar surface area (TPSA) is 89.3 Å². The smallest absolute Gasteiger partial charge is 0.233 e. The van der Waals surface area contributed by atoms with Crippen molar-refractivity contribution in [2.45, 2.75) is 29.6 Å². The lowest BCUT2D eigenvalue weighted by Crippen LogP contribution is -2.30. The number of ether oxygens (including phenoxy) is 1. The van der Waals surface area contributed by atoms with E-state index in [1.54, 1.807) is 13.4 Å². The van der Waals surface area contributed by atoms with Gasteiger partial charge in [0, 0.05) is 6.54 Å². The number of nitrogens with zero attached hydrogens (tertiary/aromatic N) is 2. The van der Waals surface area contributed by atoms with Gasteiger partial charge in [-0.1, -0.05) is 35.2 Å². The van der Waals surface area contributed by atoms with Gasteiger partial charge in [0.1, 0.15) is 11.5 Å². The standard InChI is InChI=1S/C18H20N4O3S2/c1-12(16(23)19-10-13-5-7-14(24-2)8-6-13)26-18-22-21-17(27-18)20-11-15-4-3-9-25-15/h3-9,12H,10-11H2,1-2H3,(H,19,23)(H,20,21)/t12-/m1/s1. The molecule has 7 nitrogen and oxygen atoms in total. The number of anilines is 1. The van der Waals surface area contributed by atoms with Gasteiger partial charge in [-0.3, -0.25) is 4.79 Å². The number of aromatic nitrogens is 2. The number of methoxy groups -OCH3 is 1. The van der Waals surface area contributed by atoms with Gasteiger partial charge in [-0.25, -0.2) is 0 Å². The second kappa shape index (κ2) is 9.43. The number of carbonyl (C=O) groups is 1. The molecule has 0 aliphatic heterocycles. The Morgan fingerprint density at radius 2 is 2.07 bits per heavy atom. The number of furan rings is 1. The van der Waals surface area contributed by atoms with Crippen molar-refractivity contribution in [2.24, 2.45) is 0 Å². The van der Waals surface area contributed by atoms with Gasteiger partial charge in [-0.15, -0.1) is 10.2 Å². The van der Waals surface area contributed by atoms with E-state index in [9.17, 15) is 4.79 Å². The van der Waals surface area contributed by atoms with Gasteiger partial charge in [0.2, 0.25) is 11.0 Å². The summed E-state index contributed by atoms with van der Waals surface area (Å²) in [5, 5.41) is 14.7. The number of hydrogen-bond donors (Lipinski definition) is 2. The van der Waals surface area contributed by atoms with Gasteiger partial charge >= 0.3 is 0 Å². The van der Waals surface area contributed by atoms with Gasteiger partial charge in [-0.05, 0) is 36.8 Å². The monoisotopic (exact) mass is 404 g/mol. The van der Waals surface area contributed by atoms with Crippen LogP contribution in [-0.2, 0) is 17.9 Å². The van der Waals surface area contributed by atoms with Crippen LogP contribution in [0.15, 0.2) is 51.4 Å². The van der Waals surface area contributed by atoms with Gasteiger partial charge in [0.05, 0.1) is 25.2 Å². The van der Waals surface area contributed by atoms with Gasteiger partial charge in [0.25, 0.3) is 0 Å². The third kappa shape index (κ3) is 5.73. The summed E-state index contributed by atoms with van der Waals surface area (Å²) in [6.45, 7) is 2.87. The van der Waals surface area contributed by atoms with Crippen molar-refractivity contribution in [1.82, 2.24) is 15.5 Å². The molecule has 0 spiro atoms. The summed E-state index contributed by atoms with van der Waals surface area (Å²) in [6, 6.07) is 11.3. The Labute approximate surface area is 165 Å². The lowest BCUT2D eigenvalue weighted by Gasteiger charge is -2.10. The molecule has 142 valence electrons. The van der Waals surface area contributed by atoms with Crippen LogP contribution in [0.1, 0.15) is 18.2 Å². The van der Waals surface area contributed by atoms with E-state index in [1.807, 2.05) is 43.3 Å². The lowest BCUT2D eigenvalue weighted by molar-refractivity contribution is -0.120. The third-order valence-electron chi connectivity index (χ3n) is 3.67. The Morgan fingerprint density at radius 1 is 1.26 bits per heavy atom. The summed E-state index contributed by atoms with van der Waals surface area (Å²) >= 11 is 2.80. The fourth-order valence-corrected chi connectivity index (χ4v) is 4.10. The minimum absolute atomic E-state index is 0.0453. The van der Waals surface area contributed by atoms with Gasteiger partial charge in [0.15, 0.2) is 4.34 Å². The average Bonchev–Trinajstić information content (AvgIpc) is 3.36. The molecule has 0 radical (unpaired) electrons. The summed E-state index contributed by atoms with van der Waals surface area (Å²) in [4.78, 5) is 12.3. The Kier molecular flexibility index (Phi) is 6.72. The van der Waals surface area contributed by atoms with E-state index in [4.69, 9.17) is 9.15 Å². The van der Waals surface area contributed by atoms with Gasteiger partial charge in [-0.2, -0.15) is 0 Å². The SMILES string of the molecule is COc1ccc(CNC(=O)[C@@H](C)Sc2nnc(NCc3ccco3)s2)cc1. The molecule has 0 bridgehead atoms. The molecule has 0 saturated carbocycles. The molecular weight excluding hydrogens is 384 g/mol. The van der Waals surface area contributed by atoms with Crippen LogP contribution in [0.25, 0.3) is 0 Å². The average molecular weight is 405 g/mol. The molecule has 3 aromatic rings. The Balaban J connectivity index is 1.44. The highest BCUT2D eigenvalue weighted by Crippen LogP contribution is 2.29. The van der Waals surface area contributed by atoms with Crippen molar-refractivity contribution in [3.63, 3.8) is 0 Å². The zero-order valence-electron chi connectivity index (χ0n) is 15.0. The van der Waals surface area contributed by atoms with Crippen LogP contribution in [0.2, 0.25) is 0 Å². The second-order valence-electron chi connectivity index (χ2n) is 5.63. The predicted molar refractivity (Wildman–Crippen MR) is 106 cm³/mol. The Hall–Kier alpha value is -2.52. The van der Waals surface area contributed by atoms with Crippen LogP contribution in [0.4, 0.5) is 5.13 Å². The molecule has 0 fully saturated rings. The summed E-state index contributed by atoms with van der Waals surface area (Å²) in [5.74, 6) is 1.57. The number of rotatable bonds is 9. The second-order valence-corrected chi connectivity index (χ2v) is 8.20. The molecule has 0 aliphatic rings. The van der Waals surface area contributed by atoms with E-state index in [0.717, 1.165) is 21.4 Å². The number of amides is 1. The number of benzene rings is 1. The van der Waals surface area contributed by atoms with Crippen LogP contribution in [0.5, 0.6) is 5.75 Å². The molecule has 9 heteroatoms. The Bertz CT molecular complexity index is 850. The molecule has 1 aromatic carbocycles. The van der Waals surface area contributed by atoms with Gasteiger partial charge < -0.3 is 19.8 Å². The maximum Gasteiger partial charge on any atom is 0.233 e. The summed E-state index contributed by atoms with van der Waals surface area (Å²) in [7, 11) is 1.63. The molecule has 2 aromatic heterocycles. The van der Waals surface area contributed by atoms with Crippen molar-refractivity contribution in [2.75, 3.05) is 12.4 Å². The first-order chi connectivity index (χ1) is 13.1. The van der Waals surface area contributed by atoms with Crippen molar-refractivity contribution >= 4 is 34.1 Å². The summed E-state index contributed by atoms with van der Waals surface area (Å²) in [6.07, 6.45) is 1.63. The lowest BCUT2D eigenvalue weighted by atomic mass is 10.2. The van der Waals surface area contributed by atoms with E-state index in [0.29, 0.717) is 18.2 Å². The highest BCUT2D eigenvalue weighted by molar-refractivity contribution is 8.02. The molecule has 0 aliphatic carbocycles. The fourth-order valence-electron chi connectivity index (χ4n) is 2.19. The molecule has 2 N–H and O–H groups in total. The molecular formula is C18H20N4O3S2. The molecule has 1 atom stereocenters. The zero-order valence-corrected chi connectivity index (χ0v) is 16.6. The van der Waals surface area contributed by atoms with E-state index in [1.165, 1.54) is 23.1 Å². The summed E-state index contributed by atoms with van der Waals surface area (Å²) < 4.78 is 11.1. The number of nitrogens with one attached hydrogen (secondary N) is 2. The first-order valence-corrected chi connectivity index (χ1v) is 10.0. The highest BCUT2D eigenvalue weighted by Gasteiger charge is 2.17. The molecule has 1 amide bonds. The van der Waals surface area contributed by atoms with Crippen LogP contribution < -0.4 is 15.4 Å². The van der Waals surface area contributed by atoms with Crippen molar-refractivity contribution < 1.29 is 13.9 Å². The number of carbonyl (C=O) groups excluding carboxylic acids is 1. The van der Waals surface area contributed by atoms with Crippen molar-refractivity contribution in [3.8, 4) is 5.75 Å². The van der Waals surface area contributed by atoms with E-state index in [-0.39, 0.29) is 11.2 Å². The molecule has 27 heavy (non-hydrogen) atoms.